The summed E-state index contributed by atoms with van der Waals surface area (Å²) in [6.07, 6.45) is 2.74. The molecular weight excluding hydrogens is 690 g/mol. The number of alkyl halides is 1. The molecule has 3 aliphatic rings. The van der Waals surface area contributed by atoms with E-state index in [0.29, 0.717) is 24.1 Å². The Bertz CT molecular complexity index is 1600. The highest BCUT2D eigenvalue weighted by Gasteiger charge is 2.77. The van der Waals surface area contributed by atoms with Crippen molar-refractivity contribution in [2.75, 3.05) is 18.1 Å². The van der Waals surface area contributed by atoms with Gasteiger partial charge < -0.3 is 29.7 Å². The van der Waals surface area contributed by atoms with Crippen molar-refractivity contribution in [2.24, 2.45) is 11.8 Å². The number of benzene rings is 2. The van der Waals surface area contributed by atoms with E-state index in [2.05, 4.69) is 34.4 Å². The first kappa shape index (κ1) is 36.5. The third-order valence-corrected chi connectivity index (χ3v) is 10.8. The number of hydrogen-bond donors (Lipinski definition) is 2. The molecule has 2 aromatic carbocycles. The number of carbonyl (C=O) groups excluding carboxylic acids is 4. The zero-order chi connectivity index (χ0) is 35.6. The fourth-order valence-corrected chi connectivity index (χ4v) is 8.66. The van der Waals surface area contributed by atoms with Gasteiger partial charge in [0.25, 0.3) is 5.91 Å². The zero-order valence-corrected chi connectivity index (χ0v) is 30.1. The van der Waals surface area contributed by atoms with Crippen molar-refractivity contribution in [3.05, 3.63) is 90.5 Å². The Labute approximate surface area is 296 Å². The predicted molar refractivity (Wildman–Crippen MR) is 190 cm³/mol. The number of nitrogens with zero attached hydrogens (tertiary/aromatic N) is 2. The normalized spacial score (nSPS) is 27.2. The van der Waals surface area contributed by atoms with Crippen molar-refractivity contribution >= 4 is 45.3 Å². The molecule has 5 rings (SSSR count). The maximum atomic E-state index is 14.9. The third kappa shape index (κ3) is 6.72. The van der Waals surface area contributed by atoms with E-state index < -0.39 is 66.3 Å². The molecule has 3 amide bonds. The lowest BCUT2D eigenvalue weighted by molar-refractivity contribution is -0.162. The van der Waals surface area contributed by atoms with Gasteiger partial charge in [-0.25, -0.2) is 0 Å². The summed E-state index contributed by atoms with van der Waals surface area (Å²) in [7, 11) is 0. The minimum Gasteiger partial charge on any atom is -0.455 e. The molecule has 3 aliphatic heterocycles. The van der Waals surface area contributed by atoms with Gasteiger partial charge in [0.2, 0.25) is 11.8 Å². The lowest BCUT2D eigenvalue weighted by Crippen LogP contribution is -2.59. The number of fused-ring (bicyclic) bond motifs is 1. The van der Waals surface area contributed by atoms with Gasteiger partial charge in [0.05, 0.1) is 36.6 Å². The van der Waals surface area contributed by atoms with Crippen LogP contribution in [0.3, 0.4) is 0 Å². The van der Waals surface area contributed by atoms with E-state index in [1.807, 2.05) is 62.4 Å². The molecule has 3 heterocycles. The maximum absolute atomic E-state index is 14.9. The summed E-state index contributed by atoms with van der Waals surface area (Å²) in [5.41, 5.74) is 1.83. The quantitative estimate of drug-likeness (QED) is 0.164. The number of aliphatic hydroxyl groups is 1. The molecule has 262 valence electrons. The smallest absolute Gasteiger partial charge is 0.313 e. The van der Waals surface area contributed by atoms with Crippen LogP contribution in [0.15, 0.2) is 73.8 Å². The highest BCUT2D eigenvalue weighted by Crippen LogP contribution is 2.61. The minimum atomic E-state index is -1.36. The summed E-state index contributed by atoms with van der Waals surface area (Å²) in [6.45, 7) is 14.7. The lowest BCUT2D eigenvalue weighted by Gasteiger charge is -2.39. The molecule has 2 N–H and O–H groups in total. The van der Waals surface area contributed by atoms with Crippen molar-refractivity contribution in [3.63, 3.8) is 0 Å². The van der Waals surface area contributed by atoms with Crippen molar-refractivity contribution in [2.45, 2.75) is 87.7 Å². The Morgan fingerprint density at radius 3 is 2.53 bits per heavy atom. The third-order valence-electron chi connectivity index (χ3n) is 9.99. The van der Waals surface area contributed by atoms with Gasteiger partial charge in [0.15, 0.2) is 0 Å². The Balaban J connectivity index is 1.52. The van der Waals surface area contributed by atoms with Crippen molar-refractivity contribution in [1.29, 1.82) is 0 Å². The number of anilines is 1. The Hall–Kier alpha value is -3.80. The first-order valence-electron chi connectivity index (χ1n) is 16.8. The minimum absolute atomic E-state index is 0.178. The van der Waals surface area contributed by atoms with Crippen LogP contribution in [0.4, 0.5) is 5.69 Å². The largest absolute Gasteiger partial charge is 0.455 e. The summed E-state index contributed by atoms with van der Waals surface area (Å²) in [6, 6.07) is 12.5. The second-order valence-electron chi connectivity index (χ2n) is 13.4. The fraction of sp³-hybridized carbons (Fsp3) is 0.474. The van der Waals surface area contributed by atoms with Gasteiger partial charge in [0, 0.05) is 23.5 Å². The summed E-state index contributed by atoms with van der Waals surface area (Å²) in [5, 5.41) is 13.3. The van der Waals surface area contributed by atoms with E-state index >= 15 is 0 Å². The number of aliphatic hydroxyl groups excluding tert-OH is 1. The second-order valence-corrected chi connectivity index (χ2v) is 14.6. The number of allylic oxidation sites excluding steroid dienone is 1. The molecule has 11 heteroatoms. The highest BCUT2D eigenvalue weighted by molar-refractivity contribution is 9.09. The van der Waals surface area contributed by atoms with Gasteiger partial charge in [0.1, 0.15) is 17.7 Å². The molecular formula is C38H46BrN3O7. The summed E-state index contributed by atoms with van der Waals surface area (Å²) < 4.78 is 12.9. The SMILES string of the molecule is C=CCCC(=O)N[C@@H](C)[C@H](OC(=O)[C@H]1[C@@H]2O[C@@]3(CC2Br)[C@@H]1C(=O)N([C@H](C)CO)[C@@H]3C(=O)N(CC=C)c1cc(C)ccc1C)c1ccccc1. The molecule has 0 aromatic heterocycles. The van der Waals surface area contributed by atoms with Crippen LogP contribution in [0.1, 0.15) is 55.9 Å². The number of hydrogen-bond acceptors (Lipinski definition) is 7. The van der Waals surface area contributed by atoms with Crippen LogP contribution in [0, 0.1) is 25.7 Å². The number of carbonyl (C=O) groups is 4. The van der Waals surface area contributed by atoms with E-state index in [0.717, 1.165) is 11.1 Å². The van der Waals surface area contributed by atoms with E-state index in [4.69, 9.17) is 9.47 Å². The molecule has 3 saturated heterocycles. The molecule has 0 saturated carbocycles. The Kier molecular flexibility index (Phi) is 11.2. The van der Waals surface area contributed by atoms with Gasteiger partial charge >= 0.3 is 5.97 Å². The number of aryl methyl sites for hydroxylation is 2. The van der Waals surface area contributed by atoms with E-state index in [-0.39, 0.29) is 29.6 Å². The van der Waals surface area contributed by atoms with Gasteiger partial charge in [-0.15, -0.1) is 13.2 Å². The number of amides is 3. The Morgan fingerprint density at radius 1 is 1.16 bits per heavy atom. The highest BCUT2D eigenvalue weighted by atomic mass is 79.9. The van der Waals surface area contributed by atoms with Crippen LogP contribution >= 0.6 is 15.9 Å². The number of nitrogens with one attached hydrogen (secondary N) is 1. The number of halogens is 1. The van der Waals surface area contributed by atoms with E-state index in [1.54, 1.807) is 30.9 Å². The molecule has 0 aliphatic carbocycles. The number of likely N-dealkylation sites (tertiary alicyclic amines) is 1. The molecule has 2 bridgehead atoms. The molecule has 10 nitrogen and oxygen atoms in total. The summed E-state index contributed by atoms with van der Waals surface area (Å²) in [4.78, 5) is 59.1. The fourth-order valence-electron chi connectivity index (χ4n) is 7.71. The van der Waals surface area contributed by atoms with E-state index in [9.17, 15) is 24.3 Å². The summed E-state index contributed by atoms with van der Waals surface area (Å²) in [5.74, 6) is -3.75. The average Bonchev–Trinajstić information content (AvgIpc) is 3.69. The van der Waals surface area contributed by atoms with Crippen molar-refractivity contribution in [1.82, 2.24) is 10.2 Å². The van der Waals surface area contributed by atoms with Gasteiger partial charge in [-0.05, 0) is 63.3 Å². The molecule has 9 atom stereocenters. The standard InChI is InChI=1S/C38H46BrN3O7/c1-7-9-15-29(44)40-25(6)32(26-13-11-10-12-14-26)48-37(47)30-31-35(45)42(24(5)21-43)34(38(31)20-27(39)33(30)49-38)36(46)41(18-8-2)28-19-22(3)16-17-23(28)4/h7-8,10-14,16-17,19,24-25,27,30-34,43H,1-2,9,15,18,20-21H2,3-6H3,(H,40,44)/t24-,25+,27?,30-,31+,32+,33-,34-,38+/m1/s1. The van der Waals surface area contributed by atoms with Gasteiger partial charge in [-0.2, -0.15) is 0 Å². The number of ether oxygens (including phenoxy) is 2. The first-order valence-corrected chi connectivity index (χ1v) is 17.7. The van der Waals surface area contributed by atoms with Gasteiger partial charge in [-0.3, -0.25) is 19.2 Å². The monoisotopic (exact) mass is 735 g/mol. The molecule has 49 heavy (non-hydrogen) atoms. The van der Waals surface area contributed by atoms with E-state index in [1.165, 1.54) is 4.90 Å². The molecule has 1 unspecified atom stereocenters. The maximum Gasteiger partial charge on any atom is 0.313 e. The zero-order valence-electron chi connectivity index (χ0n) is 28.5. The second kappa shape index (κ2) is 15.0. The predicted octanol–water partition coefficient (Wildman–Crippen LogP) is 4.71. The molecule has 2 aromatic rings. The molecule has 3 fully saturated rings. The van der Waals surface area contributed by atoms with Crippen LogP contribution in [-0.4, -0.2) is 81.5 Å². The van der Waals surface area contributed by atoms with Crippen LogP contribution in [0.5, 0.6) is 0 Å². The lowest BCUT2D eigenvalue weighted by atomic mass is 9.70. The number of esters is 1. The summed E-state index contributed by atoms with van der Waals surface area (Å²) >= 11 is 3.72. The first-order chi connectivity index (χ1) is 23.4. The van der Waals surface area contributed by atoms with Crippen molar-refractivity contribution in [3.8, 4) is 0 Å². The van der Waals surface area contributed by atoms with Crippen LogP contribution in [0.2, 0.25) is 0 Å². The number of rotatable bonds is 14. The average molecular weight is 737 g/mol. The van der Waals surface area contributed by atoms with Crippen molar-refractivity contribution < 1.29 is 33.8 Å². The van der Waals surface area contributed by atoms with Crippen LogP contribution in [-0.2, 0) is 28.7 Å². The topological polar surface area (TPSA) is 125 Å². The Morgan fingerprint density at radius 2 is 1.88 bits per heavy atom. The van der Waals surface area contributed by atoms with Crippen LogP contribution < -0.4 is 10.2 Å². The van der Waals surface area contributed by atoms with Crippen LogP contribution in [0.25, 0.3) is 0 Å². The van der Waals surface area contributed by atoms with Gasteiger partial charge in [-0.1, -0.05) is 70.5 Å². The molecule has 0 radical (unpaired) electrons. The molecule has 1 spiro atoms.